The molecule has 1 aromatic heterocycles. The van der Waals surface area contributed by atoms with E-state index in [9.17, 15) is 14.7 Å². The number of amides is 1. The zero-order chi connectivity index (χ0) is 18.2. The molecule has 1 aromatic carbocycles. The van der Waals surface area contributed by atoms with Crippen LogP contribution in [0, 0.1) is 11.8 Å². The minimum Gasteiger partial charge on any atom is -0.481 e. The molecule has 0 unspecified atom stereocenters. The van der Waals surface area contributed by atoms with Gasteiger partial charge in [-0.3, -0.25) is 9.59 Å². The Hall–Kier alpha value is -2.63. The molecule has 2 aromatic rings. The van der Waals surface area contributed by atoms with E-state index in [0.29, 0.717) is 35.5 Å². The highest BCUT2D eigenvalue weighted by Crippen LogP contribution is 2.29. The van der Waals surface area contributed by atoms with Crippen LogP contribution >= 0.6 is 0 Å². The Balaban J connectivity index is 1.81. The van der Waals surface area contributed by atoms with Crippen LogP contribution in [0.25, 0.3) is 11.1 Å². The molecule has 2 atom stereocenters. The maximum Gasteiger partial charge on any atom is 0.307 e. The van der Waals surface area contributed by atoms with Crippen LogP contribution in [-0.4, -0.2) is 22.0 Å². The summed E-state index contributed by atoms with van der Waals surface area (Å²) in [5.41, 5.74) is 1.71. The number of nitrogens with one attached hydrogen (secondary N) is 1. The largest absolute Gasteiger partial charge is 0.481 e. The van der Waals surface area contributed by atoms with Gasteiger partial charge in [-0.15, -0.1) is 0 Å². The topological polar surface area (TPSA) is 92.4 Å². The quantitative estimate of drug-likeness (QED) is 0.829. The summed E-state index contributed by atoms with van der Waals surface area (Å²) in [4.78, 5) is 28.4. The first-order valence-electron chi connectivity index (χ1n) is 8.35. The third-order valence-electron chi connectivity index (χ3n) is 4.38. The third kappa shape index (κ3) is 3.57. The Kier molecular flexibility index (Phi) is 4.37. The van der Waals surface area contributed by atoms with E-state index in [-0.39, 0.29) is 11.3 Å². The number of hydrogen-bond donors (Lipinski definition) is 2. The summed E-state index contributed by atoms with van der Waals surface area (Å²) in [6, 6.07) is 5.26. The molecule has 6 nitrogen and oxygen atoms in total. The summed E-state index contributed by atoms with van der Waals surface area (Å²) in [5, 5.41) is 12.1. The van der Waals surface area contributed by atoms with Gasteiger partial charge >= 0.3 is 5.97 Å². The van der Waals surface area contributed by atoms with Crippen LogP contribution in [0.1, 0.15) is 39.5 Å². The number of carbonyl (C=O) groups is 2. The van der Waals surface area contributed by atoms with Crippen molar-refractivity contribution in [3.05, 3.63) is 36.2 Å². The normalized spacial score (nSPS) is 20.6. The number of carboxylic acids is 1. The second-order valence-electron chi connectivity index (χ2n) is 7.43. The highest BCUT2D eigenvalue weighted by atomic mass is 16.4. The van der Waals surface area contributed by atoms with E-state index < -0.39 is 17.8 Å². The summed E-state index contributed by atoms with van der Waals surface area (Å²) in [7, 11) is 0. The number of benzene rings is 1. The highest BCUT2D eigenvalue weighted by molar-refractivity contribution is 5.96. The summed E-state index contributed by atoms with van der Waals surface area (Å²) < 4.78 is 5.75. The Morgan fingerprint density at radius 3 is 2.52 bits per heavy atom. The lowest BCUT2D eigenvalue weighted by atomic mass is 9.82. The van der Waals surface area contributed by atoms with Gasteiger partial charge < -0.3 is 14.8 Å². The summed E-state index contributed by atoms with van der Waals surface area (Å²) >= 11 is 0. The van der Waals surface area contributed by atoms with Crippen LogP contribution in [0.2, 0.25) is 0 Å². The number of aromatic nitrogens is 1. The second-order valence-corrected chi connectivity index (χ2v) is 7.43. The predicted octanol–water partition coefficient (Wildman–Crippen LogP) is 3.73. The van der Waals surface area contributed by atoms with E-state index in [1.165, 1.54) is 0 Å². The molecule has 3 rings (SSSR count). The maximum atomic E-state index is 12.5. The zero-order valence-corrected chi connectivity index (χ0v) is 14.6. The number of anilines is 1. The lowest BCUT2D eigenvalue weighted by Crippen LogP contribution is -2.34. The Morgan fingerprint density at radius 1 is 1.20 bits per heavy atom. The standard InChI is InChI=1S/C19H22N2O4/c1-19(2,3)18-21-14-10-11(8-9-15(14)25-18)20-16(22)12-6-4-5-7-13(12)17(23)24/h4-5,8-10,12-13H,6-7H2,1-3H3,(H,20,22)(H,23,24)/t12-,13+/m1/s1. The van der Waals surface area contributed by atoms with Crippen LogP contribution in [-0.2, 0) is 15.0 Å². The van der Waals surface area contributed by atoms with Gasteiger partial charge in [-0.25, -0.2) is 4.98 Å². The van der Waals surface area contributed by atoms with Crippen molar-refractivity contribution >= 4 is 28.7 Å². The van der Waals surface area contributed by atoms with Crippen molar-refractivity contribution in [1.82, 2.24) is 4.98 Å². The number of allylic oxidation sites excluding steroid dienone is 2. The molecule has 1 aliphatic carbocycles. The van der Waals surface area contributed by atoms with Crippen molar-refractivity contribution < 1.29 is 19.1 Å². The van der Waals surface area contributed by atoms with E-state index in [0.717, 1.165) is 0 Å². The summed E-state index contributed by atoms with van der Waals surface area (Å²) in [6.45, 7) is 6.05. The van der Waals surface area contributed by atoms with Crippen molar-refractivity contribution in [2.45, 2.75) is 39.0 Å². The first kappa shape index (κ1) is 17.2. The van der Waals surface area contributed by atoms with Gasteiger partial charge in [0.2, 0.25) is 11.8 Å². The molecule has 132 valence electrons. The van der Waals surface area contributed by atoms with Crippen molar-refractivity contribution in [2.24, 2.45) is 11.8 Å². The van der Waals surface area contributed by atoms with Gasteiger partial charge in [-0.1, -0.05) is 32.9 Å². The molecule has 0 radical (unpaired) electrons. The van der Waals surface area contributed by atoms with Gasteiger partial charge in [-0.05, 0) is 31.0 Å². The maximum absolute atomic E-state index is 12.5. The minimum absolute atomic E-state index is 0.203. The lowest BCUT2D eigenvalue weighted by molar-refractivity contribution is -0.146. The van der Waals surface area contributed by atoms with Crippen molar-refractivity contribution in [3.63, 3.8) is 0 Å². The molecule has 0 spiro atoms. The van der Waals surface area contributed by atoms with Gasteiger partial charge in [0.1, 0.15) is 5.52 Å². The summed E-state index contributed by atoms with van der Waals surface area (Å²) in [6.07, 6.45) is 4.49. The van der Waals surface area contributed by atoms with Gasteiger partial charge in [0.05, 0.1) is 11.8 Å². The fourth-order valence-electron chi connectivity index (χ4n) is 2.94. The first-order chi connectivity index (χ1) is 11.8. The Labute approximate surface area is 145 Å². The fraction of sp³-hybridized carbons (Fsp3) is 0.421. The number of fused-ring (bicyclic) bond motifs is 1. The average Bonchev–Trinajstić information content (AvgIpc) is 2.98. The molecule has 2 N–H and O–H groups in total. The lowest BCUT2D eigenvalue weighted by Gasteiger charge is -2.24. The molecule has 0 bridgehead atoms. The third-order valence-corrected chi connectivity index (χ3v) is 4.38. The molecular formula is C19H22N2O4. The molecular weight excluding hydrogens is 320 g/mol. The molecule has 0 fully saturated rings. The van der Waals surface area contributed by atoms with Crippen LogP contribution in [0.15, 0.2) is 34.8 Å². The van der Waals surface area contributed by atoms with E-state index >= 15 is 0 Å². The molecule has 1 heterocycles. The molecule has 0 aliphatic heterocycles. The number of aliphatic carboxylic acids is 1. The van der Waals surface area contributed by atoms with Crippen LogP contribution in [0.3, 0.4) is 0 Å². The molecule has 25 heavy (non-hydrogen) atoms. The smallest absolute Gasteiger partial charge is 0.307 e. The fourth-order valence-corrected chi connectivity index (χ4v) is 2.94. The number of oxazole rings is 1. The number of carboxylic acid groups (broad SMARTS) is 1. The second kappa shape index (κ2) is 6.35. The number of hydrogen-bond acceptors (Lipinski definition) is 4. The monoisotopic (exact) mass is 342 g/mol. The molecule has 0 saturated heterocycles. The van der Waals surface area contributed by atoms with Gasteiger partial charge in [0, 0.05) is 11.1 Å². The predicted molar refractivity (Wildman–Crippen MR) is 94.3 cm³/mol. The Bertz CT molecular complexity index is 845. The average molecular weight is 342 g/mol. The molecule has 0 saturated carbocycles. The van der Waals surface area contributed by atoms with E-state index in [1.807, 2.05) is 32.9 Å². The van der Waals surface area contributed by atoms with E-state index in [2.05, 4.69) is 10.3 Å². The highest BCUT2D eigenvalue weighted by Gasteiger charge is 2.34. The van der Waals surface area contributed by atoms with Gasteiger partial charge in [0.15, 0.2) is 5.58 Å². The minimum atomic E-state index is -0.939. The van der Waals surface area contributed by atoms with Crippen LogP contribution in [0.5, 0.6) is 0 Å². The number of rotatable bonds is 3. The van der Waals surface area contributed by atoms with Crippen molar-refractivity contribution in [2.75, 3.05) is 5.32 Å². The first-order valence-corrected chi connectivity index (χ1v) is 8.35. The zero-order valence-electron chi connectivity index (χ0n) is 14.6. The Morgan fingerprint density at radius 2 is 1.88 bits per heavy atom. The van der Waals surface area contributed by atoms with Crippen molar-refractivity contribution in [1.29, 1.82) is 0 Å². The van der Waals surface area contributed by atoms with Gasteiger partial charge in [0.25, 0.3) is 0 Å². The molecule has 6 heteroatoms. The van der Waals surface area contributed by atoms with Crippen molar-refractivity contribution in [3.8, 4) is 0 Å². The van der Waals surface area contributed by atoms with Crippen LogP contribution in [0.4, 0.5) is 5.69 Å². The van der Waals surface area contributed by atoms with E-state index in [1.54, 1.807) is 18.2 Å². The SMILES string of the molecule is CC(C)(C)c1nc2cc(NC(=O)[C@@H]3CC=CC[C@@H]3C(=O)O)ccc2o1. The van der Waals surface area contributed by atoms with Crippen LogP contribution < -0.4 is 5.32 Å². The number of carbonyl (C=O) groups excluding carboxylic acids is 1. The summed E-state index contributed by atoms with van der Waals surface area (Å²) in [5.74, 6) is -1.84. The van der Waals surface area contributed by atoms with E-state index in [4.69, 9.17) is 4.42 Å². The molecule has 1 aliphatic rings. The van der Waals surface area contributed by atoms with Gasteiger partial charge in [-0.2, -0.15) is 0 Å². The molecule has 1 amide bonds. The number of nitrogens with zero attached hydrogens (tertiary/aromatic N) is 1.